The molecule has 0 saturated carbocycles. The highest BCUT2D eigenvalue weighted by Crippen LogP contribution is 2.21. The van der Waals surface area contributed by atoms with Gasteiger partial charge in [-0.2, -0.15) is 4.31 Å². The van der Waals surface area contributed by atoms with Crippen LogP contribution in [0.15, 0.2) is 48.5 Å². The Hall–Kier alpha value is -2.65. The van der Waals surface area contributed by atoms with E-state index < -0.39 is 10.0 Å². The van der Waals surface area contributed by atoms with Gasteiger partial charge in [0.15, 0.2) is 0 Å². The fourth-order valence-electron chi connectivity index (χ4n) is 3.37. The molecule has 0 radical (unpaired) electrons. The summed E-state index contributed by atoms with van der Waals surface area (Å²) < 4.78 is 46.1. The predicted octanol–water partition coefficient (Wildman–Crippen LogP) is 2.11. The summed E-state index contributed by atoms with van der Waals surface area (Å²) in [6.07, 6.45) is 0. The first-order valence-corrected chi connectivity index (χ1v) is 11.5. The average molecular weight is 436 g/mol. The molecule has 2 aromatic carbocycles. The van der Waals surface area contributed by atoms with Crippen molar-refractivity contribution in [2.24, 2.45) is 0 Å². The third-order valence-electron chi connectivity index (χ3n) is 4.90. The summed E-state index contributed by atoms with van der Waals surface area (Å²) in [7, 11) is -3.53. The van der Waals surface area contributed by atoms with Crippen molar-refractivity contribution in [2.45, 2.75) is 6.92 Å². The Balaban J connectivity index is 1.52. The number of carbonyl (C=O) groups is 1. The van der Waals surface area contributed by atoms with E-state index in [1.807, 2.05) is 11.8 Å². The van der Waals surface area contributed by atoms with Crippen LogP contribution in [0.1, 0.15) is 17.3 Å². The highest BCUT2D eigenvalue weighted by molar-refractivity contribution is 7.89. The molecule has 1 aliphatic rings. The molecule has 0 aromatic heterocycles. The summed E-state index contributed by atoms with van der Waals surface area (Å²) in [5.74, 6) is -0.429. The lowest BCUT2D eigenvalue weighted by Gasteiger charge is -2.35. The number of rotatable bonds is 8. The van der Waals surface area contributed by atoms with E-state index in [9.17, 15) is 17.6 Å². The van der Waals surface area contributed by atoms with Gasteiger partial charge in [-0.3, -0.25) is 4.79 Å². The first kappa shape index (κ1) is 22.0. The third kappa shape index (κ3) is 5.28. The van der Waals surface area contributed by atoms with E-state index in [0.717, 1.165) is 0 Å². The van der Waals surface area contributed by atoms with E-state index in [0.29, 0.717) is 36.7 Å². The van der Waals surface area contributed by atoms with Crippen LogP contribution in [0.4, 0.5) is 10.1 Å². The molecule has 9 heteroatoms. The van der Waals surface area contributed by atoms with Crippen molar-refractivity contribution < 1.29 is 22.3 Å². The molecule has 7 nitrogen and oxygen atoms in total. The first-order valence-electron chi connectivity index (χ1n) is 9.89. The number of benzene rings is 2. The lowest BCUT2D eigenvalue weighted by Crippen LogP contribution is -2.50. The number of hydrogen-bond acceptors (Lipinski definition) is 5. The molecule has 0 unspecified atom stereocenters. The van der Waals surface area contributed by atoms with Gasteiger partial charge in [-0.25, -0.2) is 12.8 Å². The second-order valence-corrected chi connectivity index (χ2v) is 8.93. The zero-order chi connectivity index (χ0) is 21.6. The van der Waals surface area contributed by atoms with E-state index in [1.165, 1.54) is 10.4 Å². The molecular weight excluding hydrogens is 409 g/mol. The van der Waals surface area contributed by atoms with Crippen molar-refractivity contribution in [3.8, 4) is 5.75 Å². The number of ether oxygens (including phenoxy) is 1. The molecule has 30 heavy (non-hydrogen) atoms. The highest BCUT2D eigenvalue weighted by Gasteiger charge is 2.27. The number of piperazine rings is 1. The minimum atomic E-state index is -3.53. The van der Waals surface area contributed by atoms with Crippen molar-refractivity contribution in [3.63, 3.8) is 0 Å². The fourth-order valence-corrected chi connectivity index (χ4v) is 4.71. The summed E-state index contributed by atoms with van der Waals surface area (Å²) in [5, 5.41) is 2.65. The van der Waals surface area contributed by atoms with Gasteiger partial charge in [0.05, 0.1) is 23.6 Å². The fraction of sp³-hybridized carbons (Fsp3) is 0.381. The van der Waals surface area contributed by atoms with Crippen molar-refractivity contribution >= 4 is 21.6 Å². The van der Waals surface area contributed by atoms with Crippen LogP contribution < -0.4 is 15.0 Å². The van der Waals surface area contributed by atoms with Crippen LogP contribution in [0.2, 0.25) is 0 Å². The number of amides is 1. The van der Waals surface area contributed by atoms with E-state index in [2.05, 4.69) is 5.32 Å². The number of nitrogens with zero attached hydrogens (tertiary/aromatic N) is 2. The van der Waals surface area contributed by atoms with Crippen molar-refractivity contribution in [2.75, 3.05) is 50.0 Å². The van der Waals surface area contributed by atoms with Crippen LogP contribution >= 0.6 is 0 Å². The zero-order valence-electron chi connectivity index (χ0n) is 16.9. The monoisotopic (exact) mass is 435 g/mol. The maximum Gasteiger partial charge on any atom is 0.255 e. The second-order valence-electron chi connectivity index (χ2n) is 6.84. The molecule has 1 fully saturated rings. The summed E-state index contributed by atoms with van der Waals surface area (Å²) in [6.45, 7) is 3.62. The lowest BCUT2D eigenvalue weighted by molar-refractivity contribution is 0.0952. The molecule has 0 spiro atoms. The molecule has 2 aromatic rings. The number of nitrogens with one attached hydrogen (secondary N) is 1. The maximum absolute atomic E-state index is 13.9. The Kier molecular flexibility index (Phi) is 7.28. The Labute approximate surface area is 176 Å². The molecule has 0 atom stereocenters. The number of sulfonamides is 1. The quantitative estimate of drug-likeness (QED) is 0.687. The molecular formula is C21H26FN3O4S. The largest absolute Gasteiger partial charge is 0.493 e. The summed E-state index contributed by atoms with van der Waals surface area (Å²) >= 11 is 0. The van der Waals surface area contributed by atoms with Crippen LogP contribution in [0.5, 0.6) is 5.75 Å². The Bertz CT molecular complexity index is 976. The Morgan fingerprint density at radius 3 is 2.43 bits per heavy atom. The lowest BCUT2D eigenvalue weighted by atomic mass is 10.2. The number of halogens is 1. The molecule has 1 aliphatic heterocycles. The molecule has 1 saturated heterocycles. The van der Waals surface area contributed by atoms with Crippen molar-refractivity contribution in [1.29, 1.82) is 0 Å². The number of carbonyl (C=O) groups excluding carboxylic acids is 1. The molecule has 162 valence electrons. The van der Waals surface area contributed by atoms with Gasteiger partial charge in [0.25, 0.3) is 5.91 Å². The normalized spacial score (nSPS) is 15.1. The van der Waals surface area contributed by atoms with Crippen LogP contribution in [0.25, 0.3) is 0 Å². The number of para-hydroxylation sites is 2. The van der Waals surface area contributed by atoms with Crippen LogP contribution in [0.3, 0.4) is 0 Å². The van der Waals surface area contributed by atoms with Gasteiger partial charge < -0.3 is 15.0 Å². The second kappa shape index (κ2) is 9.90. The van der Waals surface area contributed by atoms with Gasteiger partial charge in [0.1, 0.15) is 11.6 Å². The van der Waals surface area contributed by atoms with E-state index in [-0.39, 0.29) is 37.1 Å². The highest BCUT2D eigenvalue weighted by atomic mass is 32.2. The Morgan fingerprint density at radius 1 is 1.07 bits per heavy atom. The average Bonchev–Trinajstić information content (AvgIpc) is 2.75. The molecule has 1 N–H and O–H groups in total. The van der Waals surface area contributed by atoms with Gasteiger partial charge >= 0.3 is 0 Å². The predicted molar refractivity (Wildman–Crippen MR) is 114 cm³/mol. The van der Waals surface area contributed by atoms with E-state index >= 15 is 0 Å². The van der Waals surface area contributed by atoms with Crippen LogP contribution in [-0.2, 0) is 10.0 Å². The van der Waals surface area contributed by atoms with E-state index in [4.69, 9.17) is 4.74 Å². The van der Waals surface area contributed by atoms with Gasteiger partial charge in [-0.1, -0.05) is 24.3 Å². The first-order chi connectivity index (χ1) is 14.4. The summed E-state index contributed by atoms with van der Waals surface area (Å²) in [6, 6.07) is 13.3. The topological polar surface area (TPSA) is 78.9 Å². The SMILES string of the molecule is CCOc1ccccc1C(=O)NCCS(=O)(=O)N1CCN(c2ccccc2F)CC1. The van der Waals surface area contributed by atoms with Gasteiger partial charge in [0, 0.05) is 32.7 Å². The minimum Gasteiger partial charge on any atom is -0.493 e. The summed E-state index contributed by atoms with van der Waals surface area (Å²) in [4.78, 5) is 14.2. The van der Waals surface area contributed by atoms with Crippen LogP contribution in [0, 0.1) is 5.82 Å². The Morgan fingerprint density at radius 2 is 1.73 bits per heavy atom. The van der Waals surface area contributed by atoms with Crippen molar-refractivity contribution in [3.05, 3.63) is 59.9 Å². The number of hydrogen-bond donors (Lipinski definition) is 1. The van der Waals surface area contributed by atoms with Crippen molar-refractivity contribution in [1.82, 2.24) is 9.62 Å². The third-order valence-corrected chi connectivity index (χ3v) is 6.77. The van der Waals surface area contributed by atoms with Gasteiger partial charge in [-0.05, 0) is 31.2 Å². The van der Waals surface area contributed by atoms with Gasteiger partial charge in [0.2, 0.25) is 10.0 Å². The molecule has 1 amide bonds. The zero-order valence-corrected chi connectivity index (χ0v) is 17.7. The molecule has 1 heterocycles. The maximum atomic E-state index is 13.9. The molecule has 0 aliphatic carbocycles. The van der Waals surface area contributed by atoms with E-state index in [1.54, 1.807) is 42.5 Å². The minimum absolute atomic E-state index is 0.00481. The smallest absolute Gasteiger partial charge is 0.255 e. The molecule has 0 bridgehead atoms. The standard InChI is InChI=1S/C21H26FN3O4S/c1-2-29-20-10-6-3-7-17(20)21(26)23-11-16-30(27,28)25-14-12-24(13-15-25)19-9-5-4-8-18(19)22/h3-10H,2,11-16H2,1H3,(H,23,26). The van der Waals surface area contributed by atoms with Gasteiger partial charge in [-0.15, -0.1) is 0 Å². The molecule has 3 rings (SSSR count). The summed E-state index contributed by atoms with van der Waals surface area (Å²) in [5.41, 5.74) is 0.852. The number of anilines is 1. The van der Waals surface area contributed by atoms with Crippen LogP contribution in [-0.4, -0.2) is 63.7 Å².